The first-order valence-corrected chi connectivity index (χ1v) is 12.1. The van der Waals surface area contributed by atoms with E-state index < -0.39 is 53.9 Å². The van der Waals surface area contributed by atoms with Crippen molar-refractivity contribution in [2.24, 2.45) is 0 Å². The largest absolute Gasteiger partial charge is 0.416 e. The minimum absolute atomic E-state index is 0.0493. The van der Waals surface area contributed by atoms with Gasteiger partial charge < -0.3 is 20.2 Å². The van der Waals surface area contributed by atoms with Crippen LogP contribution in [-0.4, -0.2) is 59.6 Å². The first kappa shape index (κ1) is 30.2. The lowest BCUT2D eigenvalue weighted by molar-refractivity contribution is -0.143. The van der Waals surface area contributed by atoms with Crippen molar-refractivity contribution in [3.8, 4) is 0 Å². The van der Waals surface area contributed by atoms with E-state index in [0.29, 0.717) is 29.7 Å². The summed E-state index contributed by atoms with van der Waals surface area (Å²) in [5.74, 6) is -1.07. The number of nitrogens with zero attached hydrogens (tertiary/aromatic N) is 2. The van der Waals surface area contributed by atoms with Crippen LogP contribution in [0.25, 0.3) is 0 Å². The summed E-state index contributed by atoms with van der Waals surface area (Å²) in [5.41, 5.74) is -1.92. The summed E-state index contributed by atoms with van der Waals surface area (Å²) in [7, 11) is 1.38. The maximum Gasteiger partial charge on any atom is 0.416 e. The quantitative estimate of drug-likeness (QED) is 0.482. The van der Waals surface area contributed by atoms with Gasteiger partial charge in [-0.05, 0) is 73.2 Å². The highest BCUT2D eigenvalue weighted by atomic mass is 19.4. The van der Waals surface area contributed by atoms with Crippen molar-refractivity contribution in [2.45, 2.75) is 50.6 Å². The average molecular weight is 564 g/mol. The van der Waals surface area contributed by atoms with Gasteiger partial charge in [0.25, 0.3) is 0 Å². The van der Waals surface area contributed by atoms with Gasteiger partial charge in [-0.25, -0.2) is 9.18 Å². The average Bonchev–Trinajstić information content (AvgIpc) is 2.85. The van der Waals surface area contributed by atoms with Crippen molar-refractivity contribution in [2.75, 3.05) is 26.7 Å². The van der Waals surface area contributed by atoms with E-state index >= 15 is 0 Å². The van der Waals surface area contributed by atoms with Gasteiger partial charge in [0.15, 0.2) is 0 Å². The lowest BCUT2D eigenvalue weighted by atomic mass is 9.89. The monoisotopic (exact) mass is 563 g/mol. The van der Waals surface area contributed by atoms with E-state index in [1.165, 1.54) is 35.0 Å². The van der Waals surface area contributed by atoms with Crippen molar-refractivity contribution in [1.29, 1.82) is 0 Å². The number of urea groups is 1. The Kier molecular flexibility index (Phi) is 9.14. The molecule has 0 unspecified atom stereocenters. The first-order valence-electron chi connectivity index (χ1n) is 12.1. The Morgan fingerprint density at radius 3 is 2.21 bits per heavy atom. The second kappa shape index (κ2) is 11.8. The Hall–Kier alpha value is -3.35. The summed E-state index contributed by atoms with van der Waals surface area (Å²) in [4.78, 5) is 27.8. The smallest absolute Gasteiger partial charge is 0.387 e. The molecule has 0 saturated carbocycles. The van der Waals surface area contributed by atoms with Gasteiger partial charge in [-0.2, -0.15) is 26.3 Å². The number of alkyl halides is 6. The van der Waals surface area contributed by atoms with Crippen LogP contribution in [0.3, 0.4) is 0 Å². The molecular weight excluding hydrogens is 535 g/mol. The number of likely N-dealkylation sites (N-methyl/N-ethyl adjacent to an activating group) is 1. The number of aliphatic hydroxyl groups excluding tert-OH is 1. The SMILES string of the molecule is Cc1cc(F)ccc1[C@H]1C[C@@H](NC(=O)CO)CCN1C(=O)N(C)CCc1cc(C(F)(F)F)cc(C(F)(F)F)c1. The molecule has 0 bridgehead atoms. The van der Waals surface area contributed by atoms with Crippen LogP contribution in [0.1, 0.15) is 46.7 Å². The molecule has 1 saturated heterocycles. The predicted octanol–water partition coefficient (Wildman–Crippen LogP) is 5.08. The van der Waals surface area contributed by atoms with E-state index in [-0.39, 0.29) is 43.6 Å². The number of hydrogen-bond donors (Lipinski definition) is 2. The molecule has 0 radical (unpaired) electrons. The number of aliphatic hydroxyl groups is 1. The van der Waals surface area contributed by atoms with E-state index in [9.17, 15) is 40.3 Å². The van der Waals surface area contributed by atoms with Crippen molar-refractivity contribution < 1.29 is 45.4 Å². The van der Waals surface area contributed by atoms with Gasteiger partial charge in [-0.1, -0.05) is 6.07 Å². The number of likely N-dealkylation sites (tertiary alicyclic amines) is 1. The Labute approximate surface area is 220 Å². The third-order valence-electron chi connectivity index (χ3n) is 6.66. The molecule has 6 nitrogen and oxygen atoms in total. The number of benzene rings is 2. The molecule has 0 aliphatic carbocycles. The van der Waals surface area contributed by atoms with Crippen LogP contribution in [-0.2, 0) is 23.6 Å². The van der Waals surface area contributed by atoms with Gasteiger partial charge in [-0.3, -0.25) is 4.79 Å². The fourth-order valence-electron chi connectivity index (χ4n) is 4.68. The molecular formula is C26H28F7N3O3. The van der Waals surface area contributed by atoms with Crippen LogP contribution in [0.15, 0.2) is 36.4 Å². The van der Waals surface area contributed by atoms with E-state index in [1.807, 2.05) is 0 Å². The maximum absolute atomic E-state index is 13.7. The molecule has 2 aromatic carbocycles. The molecule has 0 spiro atoms. The summed E-state index contributed by atoms with van der Waals surface area (Å²) in [6.45, 7) is 0.927. The lowest BCUT2D eigenvalue weighted by Gasteiger charge is -2.42. The molecule has 2 aromatic rings. The van der Waals surface area contributed by atoms with Gasteiger partial charge >= 0.3 is 18.4 Å². The van der Waals surface area contributed by atoms with Gasteiger partial charge in [0.05, 0.1) is 17.2 Å². The lowest BCUT2D eigenvalue weighted by Crippen LogP contribution is -2.52. The number of amides is 3. The van der Waals surface area contributed by atoms with E-state index in [1.54, 1.807) is 6.92 Å². The molecule has 1 heterocycles. The Bertz CT molecular complexity index is 1170. The zero-order valence-electron chi connectivity index (χ0n) is 21.2. The molecule has 3 rings (SSSR count). The topological polar surface area (TPSA) is 72.9 Å². The van der Waals surface area contributed by atoms with Crippen LogP contribution in [0.4, 0.5) is 35.5 Å². The van der Waals surface area contributed by atoms with Crippen LogP contribution in [0.2, 0.25) is 0 Å². The minimum Gasteiger partial charge on any atom is -0.387 e. The molecule has 2 N–H and O–H groups in total. The molecule has 214 valence electrons. The fourth-order valence-corrected chi connectivity index (χ4v) is 4.68. The molecule has 39 heavy (non-hydrogen) atoms. The molecule has 1 aliphatic heterocycles. The van der Waals surface area contributed by atoms with Crippen molar-refractivity contribution >= 4 is 11.9 Å². The van der Waals surface area contributed by atoms with E-state index in [2.05, 4.69) is 5.32 Å². The van der Waals surface area contributed by atoms with Crippen molar-refractivity contribution in [3.05, 3.63) is 70.0 Å². The predicted molar refractivity (Wildman–Crippen MR) is 127 cm³/mol. The van der Waals surface area contributed by atoms with Gasteiger partial charge in [0.2, 0.25) is 5.91 Å². The second-order valence-electron chi connectivity index (χ2n) is 9.53. The summed E-state index contributed by atoms with van der Waals surface area (Å²) in [6.07, 6.45) is -9.63. The third-order valence-corrected chi connectivity index (χ3v) is 6.66. The molecule has 13 heteroatoms. The highest BCUT2D eigenvalue weighted by Crippen LogP contribution is 2.37. The van der Waals surface area contributed by atoms with Crippen LogP contribution < -0.4 is 5.32 Å². The molecule has 2 atom stereocenters. The Balaban J connectivity index is 1.82. The minimum atomic E-state index is -4.98. The van der Waals surface area contributed by atoms with Crippen LogP contribution in [0, 0.1) is 12.7 Å². The Morgan fingerprint density at radius 2 is 1.67 bits per heavy atom. The van der Waals surface area contributed by atoms with Crippen LogP contribution >= 0.6 is 0 Å². The summed E-state index contributed by atoms with van der Waals surface area (Å²) < 4.78 is 92.9. The molecule has 3 amide bonds. The standard InChI is InChI=1S/C26H28F7N3O3/c1-15-9-19(27)3-4-21(15)22-13-20(34-23(38)14-37)6-8-36(22)24(39)35(2)7-5-16-10-17(25(28,29)30)12-18(11-16)26(31,32)33/h3-4,9-12,20,22,37H,5-8,13-14H2,1-2H3,(H,34,38)/t20-,22+/m0/s1. The number of hydrogen-bond acceptors (Lipinski definition) is 3. The van der Waals surface area contributed by atoms with E-state index in [4.69, 9.17) is 5.11 Å². The summed E-state index contributed by atoms with van der Waals surface area (Å²) in [5, 5.41) is 11.7. The normalized spacial score (nSPS) is 18.2. The van der Waals surface area contributed by atoms with Crippen molar-refractivity contribution in [1.82, 2.24) is 15.1 Å². The molecule has 1 aliphatic rings. The highest BCUT2D eigenvalue weighted by Gasteiger charge is 2.38. The number of nitrogens with one attached hydrogen (secondary N) is 1. The summed E-state index contributed by atoms with van der Waals surface area (Å²) >= 11 is 0. The number of carbonyl (C=O) groups excluding carboxylic acids is 2. The first-order chi connectivity index (χ1) is 18.1. The molecule has 1 fully saturated rings. The maximum atomic E-state index is 13.7. The second-order valence-corrected chi connectivity index (χ2v) is 9.53. The zero-order chi connectivity index (χ0) is 29.1. The third kappa shape index (κ3) is 7.61. The number of piperidine rings is 1. The Morgan fingerprint density at radius 1 is 1.05 bits per heavy atom. The number of rotatable bonds is 6. The van der Waals surface area contributed by atoms with E-state index in [0.717, 1.165) is 0 Å². The number of halogens is 7. The molecule has 0 aromatic heterocycles. The van der Waals surface area contributed by atoms with Gasteiger partial charge in [0, 0.05) is 26.2 Å². The number of aryl methyl sites for hydroxylation is 1. The summed E-state index contributed by atoms with van der Waals surface area (Å²) in [6, 6.07) is 3.84. The van der Waals surface area contributed by atoms with Gasteiger partial charge in [0.1, 0.15) is 12.4 Å². The zero-order valence-corrected chi connectivity index (χ0v) is 21.2. The fraction of sp³-hybridized carbons (Fsp3) is 0.462. The number of carbonyl (C=O) groups is 2. The van der Waals surface area contributed by atoms with Gasteiger partial charge in [-0.15, -0.1) is 0 Å². The highest BCUT2D eigenvalue weighted by molar-refractivity contribution is 5.77. The van der Waals surface area contributed by atoms with Crippen molar-refractivity contribution in [3.63, 3.8) is 0 Å². The van der Waals surface area contributed by atoms with Crippen LogP contribution in [0.5, 0.6) is 0 Å².